The summed E-state index contributed by atoms with van der Waals surface area (Å²) in [5.41, 5.74) is -0.113. The summed E-state index contributed by atoms with van der Waals surface area (Å²) in [7, 11) is 0. The first kappa shape index (κ1) is 18.9. The average molecular weight is 363 g/mol. The Morgan fingerprint density at radius 3 is 2.27 bits per heavy atom. The number of aliphatic hydroxyl groups is 2. The summed E-state index contributed by atoms with van der Waals surface area (Å²) in [5, 5.41) is 20.1. The van der Waals surface area contributed by atoms with Gasteiger partial charge in [-0.05, 0) is 98.7 Å². The van der Waals surface area contributed by atoms with Crippen molar-refractivity contribution in [1.29, 1.82) is 0 Å². The van der Waals surface area contributed by atoms with Crippen molar-refractivity contribution in [2.24, 2.45) is 46.3 Å². The Morgan fingerprint density at radius 2 is 1.58 bits per heavy atom. The van der Waals surface area contributed by atoms with Crippen molar-refractivity contribution in [3.05, 3.63) is 0 Å². The van der Waals surface area contributed by atoms with E-state index in [-0.39, 0.29) is 29.1 Å². The van der Waals surface area contributed by atoms with Crippen LogP contribution in [0.25, 0.3) is 0 Å². The van der Waals surface area contributed by atoms with Crippen LogP contribution in [0.15, 0.2) is 0 Å². The fourth-order valence-corrected chi connectivity index (χ4v) is 8.31. The van der Waals surface area contributed by atoms with Gasteiger partial charge in [-0.15, -0.1) is 0 Å². The van der Waals surface area contributed by atoms with Crippen LogP contribution in [-0.4, -0.2) is 28.2 Å². The van der Waals surface area contributed by atoms with Crippen LogP contribution in [0.4, 0.5) is 0 Å². The third-order valence-electron chi connectivity index (χ3n) is 9.55. The second-order valence-electron chi connectivity index (χ2n) is 11.4. The van der Waals surface area contributed by atoms with Crippen LogP contribution in [0.3, 0.4) is 0 Å². The third-order valence-corrected chi connectivity index (χ3v) is 9.55. The minimum atomic E-state index is -0.486. The highest BCUT2D eigenvalue weighted by Gasteiger charge is 2.61. The Hall–Kier alpha value is -0.410. The SMILES string of the molecule is CC1(C)C[C@@H]2[C@H](CC[C@]3(C)[C@@H](C(=O)CO)CC[C@@H]23)[C@H]2CC[C@@](C)(O)C[C@H]21. The molecule has 26 heavy (non-hydrogen) atoms. The molecule has 0 bridgehead atoms. The lowest BCUT2D eigenvalue weighted by Crippen LogP contribution is -2.56. The van der Waals surface area contributed by atoms with E-state index in [9.17, 15) is 15.0 Å². The van der Waals surface area contributed by atoms with Gasteiger partial charge >= 0.3 is 0 Å². The normalized spacial score (nSPS) is 52.7. The van der Waals surface area contributed by atoms with Gasteiger partial charge in [0.2, 0.25) is 0 Å². The molecule has 0 aliphatic heterocycles. The second kappa shape index (κ2) is 6.04. The summed E-state index contributed by atoms with van der Waals surface area (Å²) < 4.78 is 0. The van der Waals surface area contributed by atoms with E-state index in [2.05, 4.69) is 20.8 Å². The minimum Gasteiger partial charge on any atom is -0.390 e. The molecule has 8 atom stereocenters. The van der Waals surface area contributed by atoms with Crippen LogP contribution in [0.1, 0.15) is 79.1 Å². The molecule has 4 rings (SSSR count). The summed E-state index contributed by atoms with van der Waals surface area (Å²) in [6.07, 6.45) is 8.86. The highest BCUT2D eigenvalue weighted by atomic mass is 16.3. The van der Waals surface area contributed by atoms with Crippen LogP contribution < -0.4 is 0 Å². The summed E-state index contributed by atoms with van der Waals surface area (Å²) >= 11 is 0. The number of rotatable bonds is 2. The number of aliphatic hydroxyl groups excluding tert-OH is 1. The Bertz CT molecular complexity index is 580. The lowest BCUT2D eigenvalue weighted by atomic mass is 9.44. The molecule has 0 heterocycles. The molecule has 4 saturated carbocycles. The topological polar surface area (TPSA) is 57.5 Å². The highest BCUT2D eigenvalue weighted by molar-refractivity contribution is 5.83. The predicted octanol–water partition coefficient (Wildman–Crippen LogP) is 4.20. The minimum absolute atomic E-state index is 0.0753. The van der Waals surface area contributed by atoms with Gasteiger partial charge in [0, 0.05) is 5.92 Å². The Kier molecular flexibility index (Phi) is 4.40. The van der Waals surface area contributed by atoms with Gasteiger partial charge in [0.05, 0.1) is 5.60 Å². The lowest BCUT2D eigenvalue weighted by Gasteiger charge is -2.61. The number of carbonyl (C=O) groups excluding carboxylic acids is 1. The fourth-order valence-electron chi connectivity index (χ4n) is 8.31. The van der Waals surface area contributed by atoms with Crippen molar-refractivity contribution in [2.45, 2.75) is 84.7 Å². The van der Waals surface area contributed by atoms with Gasteiger partial charge in [-0.1, -0.05) is 20.8 Å². The van der Waals surface area contributed by atoms with Gasteiger partial charge in [-0.2, -0.15) is 0 Å². The quantitative estimate of drug-likeness (QED) is 0.774. The van der Waals surface area contributed by atoms with Crippen LogP contribution in [0.5, 0.6) is 0 Å². The summed E-state index contributed by atoms with van der Waals surface area (Å²) in [5.74, 6) is 3.69. The number of carbonyl (C=O) groups is 1. The molecule has 4 fully saturated rings. The monoisotopic (exact) mass is 362 g/mol. The van der Waals surface area contributed by atoms with E-state index in [1.54, 1.807) is 0 Å². The first-order chi connectivity index (χ1) is 12.1. The summed E-state index contributed by atoms with van der Waals surface area (Å²) in [4.78, 5) is 12.4. The van der Waals surface area contributed by atoms with E-state index in [0.717, 1.165) is 43.4 Å². The molecule has 0 aromatic carbocycles. The van der Waals surface area contributed by atoms with Gasteiger partial charge in [0.1, 0.15) is 6.61 Å². The molecule has 0 aromatic heterocycles. The van der Waals surface area contributed by atoms with Crippen molar-refractivity contribution in [3.63, 3.8) is 0 Å². The highest BCUT2D eigenvalue weighted by Crippen LogP contribution is 2.67. The van der Waals surface area contributed by atoms with Crippen LogP contribution in [0.2, 0.25) is 0 Å². The Labute approximate surface area is 158 Å². The number of hydrogen-bond donors (Lipinski definition) is 2. The van der Waals surface area contributed by atoms with E-state index in [0.29, 0.717) is 11.8 Å². The number of Topliss-reactive ketones (excluding diaryl/α,β-unsaturated/α-hetero) is 1. The van der Waals surface area contributed by atoms with Crippen molar-refractivity contribution < 1.29 is 15.0 Å². The van der Waals surface area contributed by atoms with Crippen molar-refractivity contribution >= 4 is 5.78 Å². The molecule has 2 N–H and O–H groups in total. The van der Waals surface area contributed by atoms with Gasteiger partial charge in [0.15, 0.2) is 5.78 Å². The zero-order valence-electron chi connectivity index (χ0n) is 17.1. The van der Waals surface area contributed by atoms with E-state index in [1.165, 1.54) is 25.7 Å². The fraction of sp³-hybridized carbons (Fsp3) is 0.957. The van der Waals surface area contributed by atoms with Crippen LogP contribution in [-0.2, 0) is 4.79 Å². The molecular formula is C23H38O3. The lowest BCUT2D eigenvalue weighted by molar-refractivity contribution is -0.151. The molecule has 0 unspecified atom stereocenters. The standard InChI is InChI=1S/C23H38O3/c1-21(2)11-16-14(15-7-9-22(3,26)12-19(15)21)8-10-23(4)17(16)5-6-18(23)20(25)13-24/h14-19,24,26H,5-13H2,1-4H3/t14-,15-,16-,17+,18-,19-,22-,23+/m1/s1. The molecule has 0 saturated heterocycles. The Balaban J connectivity index is 1.63. The smallest absolute Gasteiger partial charge is 0.161 e. The third kappa shape index (κ3) is 2.71. The van der Waals surface area contributed by atoms with Crippen LogP contribution in [0, 0.1) is 46.3 Å². The van der Waals surface area contributed by atoms with E-state index < -0.39 is 5.60 Å². The van der Waals surface area contributed by atoms with Gasteiger partial charge in [0.25, 0.3) is 0 Å². The van der Waals surface area contributed by atoms with Crippen molar-refractivity contribution in [3.8, 4) is 0 Å². The zero-order valence-corrected chi connectivity index (χ0v) is 17.1. The summed E-state index contributed by atoms with van der Waals surface area (Å²) in [6, 6.07) is 0. The molecule has 4 aliphatic rings. The summed E-state index contributed by atoms with van der Waals surface area (Å²) in [6.45, 7) is 8.96. The molecule has 0 radical (unpaired) electrons. The van der Waals surface area contributed by atoms with Gasteiger partial charge < -0.3 is 10.2 Å². The Morgan fingerprint density at radius 1 is 0.885 bits per heavy atom. The average Bonchev–Trinajstić information content (AvgIpc) is 2.91. The van der Waals surface area contributed by atoms with Gasteiger partial charge in [-0.25, -0.2) is 0 Å². The largest absolute Gasteiger partial charge is 0.390 e. The molecule has 0 amide bonds. The number of fused-ring (bicyclic) bond motifs is 5. The first-order valence-electron chi connectivity index (χ1n) is 10.9. The van der Waals surface area contributed by atoms with E-state index in [4.69, 9.17) is 0 Å². The van der Waals surface area contributed by atoms with E-state index >= 15 is 0 Å². The maximum atomic E-state index is 12.4. The molecular weight excluding hydrogens is 324 g/mol. The predicted molar refractivity (Wildman–Crippen MR) is 102 cm³/mol. The molecule has 0 aromatic rings. The second-order valence-corrected chi connectivity index (χ2v) is 11.4. The molecule has 3 heteroatoms. The maximum absolute atomic E-state index is 12.4. The van der Waals surface area contributed by atoms with Crippen molar-refractivity contribution in [1.82, 2.24) is 0 Å². The van der Waals surface area contributed by atoms with E-state index in [1.807, 2.05) is 6.92 Å². The van der Waals surface area contributed by atoms with Gasteiger partial charge in [-0.3, -0.25) is 4.79 Å². The van der Waals surface area contributed by atoms with Crippen LogP contribution >= 0.6 is 0 Å². The van der Waals surface area contributed by atoms with Crippen molar-refractivity contribution in [2.75, 3.05) is 6.61 Å². The first-order valence-corrected chi connectivity index (χ1v) is 10.9. The zero-order chi connectivity index (χ0) is 18.9. The molecule has 4 aliphatic carbocycles. The molecule has 3 nitrogen and oxygen atoms in total. The molecule has 0 spiro atoms. The molecule has 148 valence electrons. The number of hydrogen-bond acceptors (Lipinski definition) is 3. The number of ketones is 1. The maximum Gasteiger partial charge on any atom is 0.161 e.